The number of rotatable bonds is 8. The molecule has 39 heavy (non-hydrogen) atoms. The number of alkyl halides is 2. The summed E-state index contributed by atoms with van der Waals surface area (Å²) in [6.45, 7) is -1.16. The fraction of sp³-hybridized carbons (Fsp3) is 0.192. The van der Waals surface area contributed by atoms with E-state index in [1.54, 1.807) is 17.6 Å². The highest BCUT2D eigenvalue weighted by Gasteiger charge is 2.42. The van der Waals surface area contributed by atoms with Gasteiger partial charge in [0.2, 0.25) is 5.88 Å². The van der Waals surface area contributed by atoms with Crippen LogP contribution in [0.3, 0.4) is 0 Å². The number of pyridine rings is 1. The molecule has 0 aliphatic rings. The Kier molecular flexibility index (Phi) is 6.83. The van der Waals surface area contributed by atoms with Crippen LogP contribution in [0.25, 0.3) is 22.3 Å². The van der Waals surface area contributed by atoms with Crippen molar-refractivity contribution in [1.82, 2.24) is 30.2 Å². The number of aromatic nitrogens is 6. The zero-order valence-electron chi connectivity index (χ0n) is 20.5. The van der Waals surface area contributed by atoms with E-state index in [0.29, 0.717) is 28.4 Å². The molecule has 0 bridgehead atoms. The molecule has 3 aromatic heterocycles. The molecule has 1 N–H and O–H groups in total. The lowest BCUT2D eigenvalue weighted by molar-refractivity contribution is -0.0500. The Morgan fingerprint density at radius 2 is 1.77 bits per heavy atom. The van der Waals surface area contributed by atoms with Crippen molar-refractivity contribution >= 4 is 11.0 Å². The van der Waals surface area contributed by atoms with Gasteiger partial charge in [-0.2, -0.15) is 8.78 Å². The fourth-order valence-electron chi connectivity index (χ4n) is 4.60. The molecule has 1 unspecified atom stereocenters. The third-order valence-corrected chi connectivity index (χ3v) is 6.25. The van der Waals surface area contributed by atoms with Crippen LogP contribution in [0, 0.1) is 11.6 Å². The van der Waals surface area contributed by atoms with Crippen LogP contribution in [0.4, 0.5) is 17.6 Å². The van der Waals surface area contributed by atoms with E-state index in [9.17, 15) is 13.9 Å². The Morgan fingerprint density at radius 1 is 1.00 bits per heavy atom. The minimum Gasteiger partial charge on any atom is -0.480 e. The summed E-state index contributed by atoms with van der Waals surface area (Å²) in [4.78, 5) is 4.53. The van der Waals surface area contributed by atoms with Gasteiger partial charge >= 0.3 is 6.61 Å². The van der Waals surface area contributed by atoms with Gasteiger partial charge in [0.25, 0.3) is 0 Å². The summed E-state index contributed by atoms with van der Waals surface area (Å²) >= 11 is 0. The summed E-state index contributed by atoms with van der Waals surface area (Å²) in [7, 11) is 1.41. The second kappa shape index (κ2) is 10.3. The minimum atomic E-state index is -3.18. The van der Waals surface area contributed by atoms with Gasteiger partial charge in [-0.25, -0.2) is 13.8 Å². The van der Waals surface area contributed by atoms with E-state index in [1.165, 1.54) is 37.6 Å². The lowest BCUT2D eigenvalue weighted by Crippen LogP contribution is -2.33. The second-order valence-corrected chi connectivity index (χ2v) is 8.34. The molecule has 0 aliphatic heterocycles. The number of halogens is 4. The second-order valence-electron chi connectivity index (χ2n) is 8.34. The number of hydrogen-bond donors (Lipinski definition) is 1. The Morgan fingerprint density at radius 3 is 2.41 bits per heavy atom. The maximum absolute atomic E-state index is 15.5. The molecule has 0 fully saturated rings. The molecule has 2 aromatic carbocycles. The largest absolute Gasteiger partial charge is 0.480 e. The van der Waals surface area contributed by atoms with Crippen molar-refractivity contribution in [3.05, 3.63) is 89.2 Å². The molecule has 1 atom stereocenters. The highest BCUT2D eigenvalue weighted by molar-refractivity contribution is 5.85. The summed E-state index contributed by atoms with van der Waals surface area (Å²) in [5.74, 6) is -2.19. The first-order chi connectivity index (χ1) is 18.8. The summed E-state index contributed by atoms with van der Waals surface area (Å²) in [6, 6.07) is 11.4. The van der Waals surface area contributed by atoms with Gasteiger partial charge in [0, 0.05) is 23.7 Å². The van der Waals surface area contributed by atoms with Gasteiger partial charge in [0.1, 0.15) is 23.1 Å². The molecule has 3 heterocycles. The number of aliphatic hydroxyl groups is 1. The molecule has 0 aliphatic carbocycles. The van der Waals surface area contributed by atoms with Crippen LogP contribution in [-0.4, -0.2) is 49.0 Å². The molecule has 0 saturated heterocycles. The first-order valence-electron chi connectivity index (χ1n) is 11.6. The summed E-state index contributed by atoms with van der Waals surface area (Å²) in [6.07, 6.45) is 1.37. The van der Waals surface area contributed by atoms with Crippen molar-refractivity contribution in [2.24, 2.45) is 0 Å². The monoisotopic (exact) mass is 540 g/mol. The molecule has 0 spiro atoms. The molecule has 9 nitrogen and oxygen atoms in total. The normalized spacial score (nSPS) is 13.0. The third kappa shape index (κ3) is 4.50. The molecular weight excluding hydrogens is 520 g/mol. The van der Waals surface area contributed by atoms with Crippen LogP contribution in [0.5, 0.6) is 11.6 Å². The fourth-order valence-corrected chi connectivity index (χ4v) is 4.60. The molecular formula is C26H20F4N6O3. The van der Waals surface area contributed by atoms with E-state index < -0.39 is 29.6 Å². The Labute approximate surface area is 218 Å². The van der Waals surface area contributed by atoms with Crippen molar-refractivity contribution in [3.8, 4) is 22.9 Å². The average molecular weight is 540 g/mol. The third-order valence-electron chi connectivity index (χ3n) is 6.25. The number of aryl methyl sites for hydroxylation is 1. The van der Waals surface area contributed by atoms with Gasteiger partial charge in [-0.05, 0) is 47.7 Å². The topological polar surface area (TPSA) is 108 Å². The van der Waals surface area contributed by atoms with E-state index in [0.717, 1.165) is 18.2 Å². The highest BCUT2D eigenvalue weighted by atomic mass is 19.3. The SMILES string of the molecule is CCn1c(C(O)(c2ccccc2F)c2ccc(OC(F)F)cc2F)cc2nc(OC)c(-c3cnnnn3)cc21. The number of hydrogen-bond acceptors (Lipinski definition) is 8. The smallest absolute Gasteiger partial charge is 0.387 e. The Bertz CT molecular complexity index is 1650. The van der Waals surface area contributed by atoms with E-state index in [4.69, 9.17) is 4.74 Å². The van der Waals surface area contributed by atoms with Gasteiger partial charge in [0.05, 0.1) is 35.6 Å². The zero-order valence-corrected chi connectivity index (χ0v) is 20.5. The number of ether oxygens (including phenoxy) is 2. The van der Waals surface area contributed by atoms with Crippen molar-refractivity contribution in [2.45, 2.75) is 25.7 Å². The maximum Gasteiger partial charge on any atom is 0.387 e. The quantitative estimate of drug-likeness (QED) is 0.287. The van der Waals surface area contributed by atoms with Crippen molar-refractivity contribution < 1.29 is 32.1 Å². The van der Waals surface area contributed by atoms with Gasteiger partial charge in [-0.15, -0.1) is 10.2 Å². The van der Waals surface area contributed by atoms with Gasteiger partial charge in [0.15, 0.2) is 5.60 Å². The molecule has 0 saturated carbocycles. The van der Waals surface area contributed by atoms with Gasteiger partial charge in [-0.3, -0.25) is 0 Å². The van der Waals surface area contributed by atoms with Crippen LogP contribution < -0.4 is 9.47 Å². The van der Waals surface area contributed by atoms with E-state index >= 15 is 8.78 Å². The molecule has 200 valence electrons. The summed E-state index contributed by atoms with van der Waals surface area (Å²) in [5.41, 5.74) is -1.45. The maximum atomic E-state index is 15.5. The summed E-state index contributed by atoms with van der Waals surface area (Å²) < 4.78 is 67.6. The molecule has 13 heteroatoms. The lowest BCUT2D eigenvalue weighted by Gasteiger charge is -2.31. The number of methoxy groups -OCH3 is 1. The van der Waals surface area contributed by atoms with Crippen molar-refractivity contribution in [3.63, 3.8) is 0 Å². The van der Waals surface area contributed by atoms with Crippen LogP contribution in [0.15, 0.2) is 60.8 Å². The van der Waals surface area contributed by atoms with Gasteiger partial charge in [-0.1, -0.05) is 18.2 Å². The van der Waals surface area contributed by atoms with E-state index in [-0.39, 0.29) is 29.2 Å². The molecule has 5 rings (SSSR count). The Hall–Kier alpha value is -4.65. The molecule has 5 aromatic rings. The first kappa shape index (κ1) is 26.0. The standard InChI is InChI=1S/C26H20F4N6O3/c1-3-36-22-11-15(21-13-31-34-35-33-21)24(38-2)32-20(22)12-23(36)26(37,16-6-4-5-7-18(16)27)17-9-8-14(10-19(17)28)39-25(29)30/h4-13,25,37H,3H2,1-2H3. The van der Waals surface area contributed by atoms with Crippen LogP contribution in [0.1, 0.15) is 23.7 Å². The van der Waals surface area contributed by atoms with Gasteiger partial charge < -0.3 is 19.1 Å². The van der Waals surface area contributed by atoms with E-state index in [1.807, 2.05) is 0 Å². The highest BCUT2D eigenvalue weighted by Crippen LogP contribution is 2.43. The van der Waals surface area contributed by atoms with Crippen LogP contribution in [0.2, 0.25) is 0 Å². The number of nitrogens with zero attached hydrogens (tertiary/aromatic N) is 6. The van der Waals surface area contributed by atoms with Crippen LogP contribution >= 0.6 is 0 Å². The minimum absolute atomic E-state index is 0.0668. The number of fused-ring (bicyclic) bond motifs is 1. The van der Waals surface area contributed by atoms with Crippen molar-refractivity contribution in [2.75, 3.05) is 7.11 Å². The first-order valence-corrected chi connectivity index (χ1v) is 11.6. The Balaban J connectivity index is 1.81. The van der Waals surface area contributed by atoms with Crippen molar-refractivity contribution in [1.29, 1.82) is 0 Å². The predicted octanol–water partition coefficient (Wildman–Crippen LogP) is 4.48. The number of benzene rings is 2. The molecule has 0 radical (unpaired) electrons. The van der Waals surface area contributed by atoms with Crippen LogP contribution in [-0.2, 0) is 12.1 Å². The van der Waals surface area contributed by atoms with E-state index in [2.05, 4.69) is 30.3 Å². The predicted molar refractivity (Wildman–Crippen MR) is 130 cm³/mol. The lowest BCUT2D eigenvalue weighted by atomic mass is 9.82. The zero-order chi connectivity index (χ0) is 27.7. The summed E-state index contributed by atoms with van der Waals surface area (Å²) in [5, 5.41) is 27.0. The average Bonchev–Trinajstić information content (AvgIpc) is 3.30. The molecule has 0 amide bonds.